The normalized spacial score (nSPS) is 14.4. The van der Waals surface area contributed by atoms with Crippen LogP contribution in [-0.4, -0.2) is 44.6 Å². The summed E-state index contributed by atoms with van der Waals surface area (Å²) in [6.45, 7) is 8.57. The molecule has 8 heteroatoms. The number of ether oxygens (including phenoxy) is 1. The van der Waals surface area contributed by atoms with Gasteiger partial charge in [-0.2, -0.15) is 0 Å². The monoisotopic (exact) mass is 510 g/mol. The van der Waals surface area contributed by atoms with Crippen LogP contribution in [0.1, 0.15) is 42.8 Å². The van der Waals surface area contributed by atoms with E-state index in [9.17, 15) is 4.39 Å². The maximum absolute atomic E-state index is 13.4. The van der Waals surface area contributed by atoms with Gasteiger partial charge in [-0.25, -0.2) is 19.3 Å². The van der Waals surface area contributed by atoms with E-state index in [4.69, 9.17) is 9.72 Å². The molecule has 1 aliphatic rings. The number of aryl methyl sites for hydroxylation is 2. The van der Waals surface area contributed by atoms with E-state index in [0.717, 1.165) is 88.1 Å². The Kier molecular flexibility index (Phi) is 6.31. The van der Waals surface area contributed by atoms with Crippen molar-refractivity contribution in [1.82, 2.24) is 24.9 Å². The average molecular weight is 511 g/mol. The number of imidazole rings is 1. The van der Waals surface area contributed by atoms with Gasteiger partial charge in [0.15, 0.2) is 0 Å². The highest BCUT2D eigenvalue weighted by Gasteiger charge is 2.26. The molecular weight excluding hydrogens is 479 g/mol. The zero-order valence-corrected chi connectivity index (χ0v) is 21.9. The summed E-state index contributed by atoms with van der Waals surface area (Å²) in [6, 6.07) is 14.8. The molecular formula is C30H31FN6O. The van der Waals surface area contributed by atoms with Gasteiger partial charge in [0, 0.05) is 30.3 Å². The standard InChI is InChI=1S/C30H31FN6O/c1-4-38-26-10-7-22(15-18(26)2)27-19(3)34-28(36-27)21-11-13-37(14-12-21)30-24-16-25(35-29(24)32-17-33-30)20-5-8-23(31)9-6-20/h5-10,15-17,21H,4,11-14H2,1-3H3,(H,34,36)(H,32,33,35). The second-order valence-electron chi connectivity index (χ2n) is 9.91. The second kappa shape index (κ2) is 9.93. The number of rotatable bonds is 6. The smallest absolute Gasteiger partial charge is 0.143 e. The number of fused-ring (bicyclic) bond motifs is 1. The van der Waals surface area contributed by atoms with Gasteiger partial charge in [0.25, 0.3) is 0 Å². The first kappa shape index (κ1) is 24.2. The highest BCUT2D eigenvalue weighted by Crippen LogP contribution is 2.35. The number of piperidine rings is 1. The van der Waals surface area contributed by atoms with E-state index in [1.54, 1.807) is 18.5 Å². The Morgan fingerprint density at radius 2 is 1.74 bits per heavy atom. The number of aromatic nitrogens is 5. The van der Waals surface area contributed by atoms with Crippen LogP contribution in [0.15, 0.2) is 54.9 Å². The number of H-pyrrole nitrogens is 2. The lowest BCUT2D eigenvalue weighted by molar-refractivity contribution is 0.338. The van der Waals surface area contributed by atoms with Crippen molar-refractivity contribution in [3.05, 3.63) is 77.8 Å². The molecule has 5 aromatic rings. The van der Waals surface area contributed by atoms with Crippen LogP contribution in [0.3, 0.4) is 0 Å². The number of nitrogens with zero attached hydrogens (tertiary/aromatic N) is 4. The van der Waals surface area contributed by atoms with Crippen molar-refractivity contribution in [3.8, 4) is 28.3 Å². The fourth-order valence-electron chi connectivity index (χ4n) is 5.41. The molecule has 194 valence electrons. The van der Waals surface area contributed by atoms with E-state index < -0.39 is 0 Å². The van der Waals surface area contributed by atoms with Crippen molar-refractivity contribution in [2.75, 3.05) is 24.6 Å². The van der Waals surface area contributed by atoms with Crippen molar-refractivity contribution in [3.63, 3.8) is 0 Å². The Bertz CT molecular complexity index is 1580. The number of hydrogen-bond acceptors (Lipinski definition) is 5. The van der Waals surface area contributed by atoms with Crippen LogP contribution >= 0.6 is 0 Å². The Balaban J connectivity index is 1.19. The predicted molar refractivity (Wildman–Crippen MR) is 148 cm³/mol. The first-order valence-corrected chi connectivity index (χ1v) is 13.1. The molecule has 3 aromatic heterocycles. The fourth-order valence-corrected chi connectivity index (χ4v) is 5.41. The minimum Gasteiger partial charge on any atom is -0.494 e. The molecule has 2 N–H and O–H groups in total. The van der Waals surface area contributed by atoms with E-state index in [1.807, 2.05) is 13.0 Å². The molecule has 4 heterocycles. The molecule has 1 fully saturated rings. The van der Waals surface area contributed by atoms with Crippen molar-refractivity contribution in [2.24, 2.45) is 0 Å². The molecule has 0 saturated carbocycles. The third-order valence-corrected chi connectivity index (χ3v) is 7.41. The number of hydrogen-bond donors (Lipinski definition) is 2. The van der Waals surface area contributed by atoms with Crippen LogP contribution in [0.2, 0.25) is 0 Å². The molecule has 0 unspecified atom stereocenters. The molecule has 0 amide bonds. The van der Waals surface area contributed by atoms with Gasteiger partial charge < -0.3 is 19.6 Å². The number of anilines is 1. The van der Waals surface area contributed by atoms with Gasteiger partial charge in [-0.15, -0.1) is 0 Å². The van der Waals surface area contributed by atoms with Gasteiger partial charge in [0.05, 0.1) is 23.4 Å². The van der Waals surface area contributed by atoms with Gasteiger partial charge >= 0.3 is 0 Å². The SMILES string of the molecule is CCOc1ccc(-c2[nH]c(C3CCN(c4ncnc5[nH]c(-c6ccc(F)cc6)cc45)CC3)nc2C)cc1C. The largest absolute Gasteiger partial charge is 0.494 e. The first-order valence-electron chi connectivity index (χ1n) is 13.1. The molecule has 0 aliphatic carbocycles. The third kappa shape index (κ3) is 4.51. The average Bonchev–Trinajstić information content (AvgIpc) is 3.54. The highest BCUT2D eigenvalue weighted by atomic mass is 19.1. The van der Waals surface area contributed by atoms with E-state index in [0.29, 0.717) is 12.5 Å². The molecule has 1 aliphatic heterocycles. The topological polar surface area (TPSA) is 82.7 Å². The van der Waals surface area contributed by atoms with E-state index in [1.165, 1.54) is 12.1 Å². The van der Waals surface area contributed by atoms with E-state index in [-0.39, 0.29) is 5.82 Å². The molecule has 0 radical (unpaired) electrons. The summed E-state index contributed by atoms with van der Waals surface area (Å²) in [4.78, 5) is 23.3. The molecule has 38 heavy (non-hydrogen) atoms. The number of nitrogens with one attached hydrogen (secondary N) is 2. The van der Waals surface area contributed by atoms with E-state index >= 15 is 0 Å². The maximum Gasteiger partial charge on any atom is 0.143 e. The zero-order valence-electron chi connectivity index (χ0n) is 21.9. The summed E-state index contributed by atoms with van der Waals surface area (Å²) in [5.74, 6) is 3.02. The molecule has 2 aromatic carbocycles. The summed E-state index contributed by atoms with van der Waals surface area (Å²) in [5, 5.41) is 0.979. The minimum atomic E-state index is -0.248. The third-order valence-electron chi connectivity index (χ3n) is 7.41. The van der Waals surface area contributed by atoms with E-state index in [2.05, 4.69) is 56.9 Å². The lowest BCUT2D eigenvalue weighted by Crippen LogP contribution is -2.33. The van der Waals surface area contributed by atoms with Crippen molar-refractivity contribution < 1.29 is 9.13 Å². The summed E-state index contributed by atoms with van der Waals surface area (Å²) >= 11 is 0. The van der Waals surface area contributed by atoms with Gasteiger partial charge in [-0.1, -0.05) is 0 Å². The maximum atomic E-state index is 13.4. The van der Waals surface area contributed by atoms with Gasteiger partial charge in [0.2, 0.25) is 0 Å². The Hall–Kier alpha value is -4.20. The fraction of sp³-hybridized carbons (Fsp3) is 0.300. The molecule has 0 spiro atoms. The van der Waals surface area contributed by atoms with Crippen LogP contribution < -0.4 is 9.64 Å². The van der Waals surface area contributed by atoms with Gasteiger partial charge in [0.1, 0.15) is 35.2 Å². The molecule has 1 saturated heterocycles. The second-order valence-corrected chi connectivity index (χ2v) is 9.91. The number of halogens is 1. The van der Waals surface area contributed by atoms with Crippen LogP contribution in [0.25, 0.3) is 33.5 Å². The van der Waals surface area contributed by atoms with Crippen LogP contribution in [-0.2, 0) is 0 Å². The summed E-state index contributed by atoms with van der Waals surface area (Å²) < 4.78 is 19.1. The lowest BCUT2D eigenvalue weighted by atomic mass is 9.96. The summed E-state index contributed by atoms with van der Waals surface area (Å²) in [6.07, 6.45) is 3.57. The van der Waals surface area contributed by atoms with Crippen molar-refractivity contribution in [1.29, 1.82) is 0 Å². The van der Waals surface area contributed by atoms with Crippen molar-refractivity contribution >= 4 is 16.9 Å². The van der Waals surface area contributed by atoms with Crippen LogP contribution in [0.5, 0.6) is 5.75 Å². The van der Waals surface area contributed by atoms with Crippen LogP contribution in [0.4, 0.5) is 10.2 Å². The Morgan fingerprint density at radius 3 is 2.47 bits per heavy atom. The Labute approximate surface area is 221 Å². The summed E-state index contributed by atoms with van der Waals surface area (Å²) in [7, 11) is 0. The lowest BCUT2D eigenvalue weighted by Gasteiger charge is -2.32. The summed E-state index contributed by atoms with van der Waals surface area (Å²) in [5.41, 5.74) is 6.95. The minimum absolute atomic E-state index is 0.248. The predicted octanol–water partition coefficient (Wildman–Crippen LogP) is 6.55. The quantitative estimate of drug-likeness (QED) is 0.271. The van der Waals surface area contributed by atoms with Crippen LogP contribution in [0, 0.1) is 19.7 Å². The van der Waals surface area contributed by atoms with Gasteiger partial charge in [-0.05, 0) is 93.3 Å². The zero-order chi connectivity index (χ0) is 26.2. The molecule has 0 atom stereocenters. The molecule has 0 bridgehead atoms. The van der Waals surface area contributed by atoms with Crippen molar-refractivity contribution in [2.45, 2.75) is 39.5 Å². The molecule has 6 rings (SSSR count). The highest BCUT2D eigenvalue weighted by molar-refractivity contribution is 5.92. The van der Waals surface area contributed by atoms with Gasteiger partial charge in [-0.3, -0.25) is 0 Å². The molecule has 7 nitrogen and oxygen atoms in total. The number of benzene rings is 2. The first-order chi connectivity index (χ1) is 18.5. The Morgan fingerprint density at radius 1 is 0.974 bits per heavy atom. The number of aromatic amines is 2.